The molecule has 8 nitrogen and oxygen atoms in total. The number of anilines is 1. The van der Waals surface area contributed by atoms with Crippen LogP contribution in [0.5, 0.6) is 5.75 Å². The molecule has 30 heavy (non-hydrogen) atoms. The minimum atomic E-state index is 0.125. The molecular weight excluding hydrogens is 382 g/mol. The quantitative estimate of drug-likeness (QED) is 0.621. The highest BCUT2D eigenvalue weighted by molar-refractivity contribution is 5.76. The molecule has 0 radical (unpaired) electrons. The number of nitrogens with zero attached hydrogens (tertiary/aromatic N) is 5. The van der Waals surface area contributed by atoms with Gasteiger partial charge in [-0.2, -0.15) is 5.10 Å². The molecule has 1 aliphatic heterocycles. The molecular formula is C22H25N5O3. The largest absolute Gasteiger partial charge is 0.497 e. The first-order valence-corrected chi connectivity index (χ1v) is 10.1. The third-order valence-corrected chi connectivity index (χ3v) is 5.21. The van der Waals surface area contributed by atoms with E-state index in [2.05, 4.69) is 20.1 Å². The lowest BCUT2D eigenvalue weighted by atomic mass is 10.2. The number of carbonyl (C=O) groups is 1. The van der Waals surface area contributed by atoms with Gasteiger partial charge in [0.2, 0.25) is 5.91 Å². The Balaban J connectivity index is 1.30. The van der Waals surface area contributed by atoms with Crippen molar-refractivity contribution in [1.29, 1.82) is 0 Å². The van der Waals surface area contributed by atoms with Crippen LogP contribution in [0.3, 0.4) is 0 Å². The molecule has 0 spiro atoms. The maximum absolute atomic E-state index is 12.7. The van der Waals surface area contributed by atoms with Crippen LogP contribution in [0.1, 0.15) is 18.7 Å². The summed E-state index contributed by atoms with van der Waals surface area (Å²) in [5.74, 6) is 3.04. The van der Waals surface area contributed by atoms with Gasteiger partial charge in [0, 0.05) is 50.8 Å². The molecule has 2 aromatic heterocycles. The van der Waals surface area contributed by atoms with Gasteiger partial charge in [0.05, 0.1) is 13.3 Å². The lowest BCUT2D eigenvalue weighted by molar-refractivity contribution is -0.131. The van der Waals surface area contributed by atoms with Gasteiger partial charge < -0.3 is 19.0 Å². The van der Waals surface area contributed by atoms with Crippen molar-refractivity contribution in [2.24, 2.45) is 0 Å². The Morgan fingerprint density at radius 3 is 2.77 bits per heavy atom. The van der Waals surface area contributed by atoms with E-state index in [1.807, 2.05) is 41.3 Å². The molecule has 1 aliphatic rings. The Bertz CT molecular complexity index is 958. The van der Waals surface area contributed by atoms with Gasteiger partial charge in [-0.05, 0) is 42.8 Å². The Labute approximate surface area is 175 Å². The van der Waals surface area contributed by atoms with Crippen molar-refractivity contribution < 1.29 is 13.9 Å². The number of rotatable bonds is 6. The number of ether oxygens (including phenoxy) is 1. The average Bonchev–Trinajstić information content (AvgIpc) is 3.14. The smallest absolute Gasteiger partial charge is 0.223 e. The summed E-state index contributed by atoms with van der Waals surface area (Å²) < 4.78 is 11.0. The number of carbonyl (C=O) groups excluding carboxylic acids is 1. The van der Waals surface area contributed by atoms with Crippen molar-refractivity contribution in [3.05, 3.63) is 54.7 Å². The highest BCUT2D eigenvalue weighted by Gasteiger charge is 2.20. The van der Waals surface area contributed by atoms with Crippen molar-refractivity contribution in [1.82, 2.24) is 20.1 Å². The third-order valence-electron chi connectivity index (χ3n) is 5.21. The van der Waals surface area contributed by atoms with Crippen LogP contribution in [0.25, 0.3) is 11.3 Å². The Hall–Kier alpha value is -3.42. The number of oxazole rings is 1. The van der Waals surface area contributed by atoms with Crippen molar-refractivity contribution in [3.63, 3.8) is 0 Å². The minimum absolute atomic E-state index is 0.125. The van der Waals surface area contributed by atoms with E-state index >= 15 is 0 Å². The van der Waals surface area contributed by atoms with Crippen LogP contribution >= 0.6 is 0 Å². The van der Waals surface area contributed by atoms with Gasteiger partial charge in [-0.1, -0.05) is 0 Å². The van der Waals surface area contributed by atoms with Crippen LogP contribution in [0, 0.1) is 0 Å². The monoisotopic (exact) mass is 407 g/mol. The topological polar surface area (TPSA) is 84.6 Å². The summed E-state index contributed by atoms with van der Waals surface area (Å²) in [7, 11) is 1.64. The number of hydrogen-bond donors (Lipinski definition) is 0. The number of aromatic nitrogens is 3. The molecule has 1 aromatic carbocycles. The van der Waals surface area contributed by atoms with Crippen molar-refractivity contribution >= 4 is 11.7 Å². The average molecular weight is 407 g/mol. The number of benzene rings is 1. The standard InChI is InChI=1S/C22H25N5O3/c1-29-18-7-5-17(6-8-18)19-16-23-21(30-19)9-10-22(28)27-13-3-12-26(14-15-27)20-4-2-11-24-25-20/h2,4-8,11,16H,3,9-10,12-15H2,1H3. The van der Waals surface area contributed by atoms with Crippen molar-refractivity contribution in [2.75, 3.05) is 38.2 Å². The molecule has 0 aliphatic carbocycles. The molecule has 3 aromatic rings. The summed E-state index contributed by atoms with van der Waals surface area (Å²) in [6, 6.07) is 11.4. The van der Waals surface area contributed by atoms with Gasteiger partial charge in [0.1, 0.15) is 5.75 Å². The van der Waals surface area contributed by atoms with E-state index in [1.165, 1.54) is 0 Å². The second kappa shape index (κ2) is 9.39. The number of aryl methyl sites for hydroxylation is 1. The zero-order valence-electron chi connectivity index (χ0n) is 17.0. The van der Waals surface area contributed by atoms with Crippen molar-refractivity contribution in [2.45, 2.75) is 19.3 Å². The van der Waals surface area contributed by atoms with Crippen LogP contribution in [-0.4, -0.2) is 59.3 Å². The van der Waals surface area contributed by atoms with Crippen LogP contribution in [0.4, 0.5) is 5.82 Å². The molecule has 156 valence electrons. The molecule has 1 saturated heterocycles. The highest BCUT2D eigenvalue weighted by Crippen LogP contribution is 2.23. The van der Waals surface area contributed by atoms with Gasteiger partial charge in [-0.15, -0.1) is 5.10 Å². The summed E-state index contributed by atoms with van der Waals surface area (Å²) in [5, 5.41) is 8.12. The molecule has 4 rings (SSSR count). The fraction of sp³-hybridized carbons (Fsp3) is 0.364. The normalized spacial score (nSPS) is 14.4. The van der Waals surface area contributed by atoms with E-state index < -0.39 is 0 Å². The minimum Gasteiger partial charge on any atom is -0.497 e. The number of hydrogen-bond acceptors (Lipinski definition) is 7. The fourth-order valence-electron chi connectivity index (χ4n) is 3.54. The Morgan fingerprint density at radius 2 is 2.00 bits per heavy atom. The SMILES string of the molecule is COc1ccc(-c2cnc(CCC(=O)N3CCCN(c4cccnn4)CC3)o2)cc1. The van der Waals surface area contributed by atoms with Gasteiger partial charge in [0.15, 0.2) is 17.5 Å². The second-order valence-electron chi connectivity index (χ2n) is 7.15. The number of methoxy groups -OCH3 is 1. The Kier molecular flexibility index (Phi) is 6.22. The zero-order valence-corrected chi connectivity index (χ0v) is 17.0. The highest BCUT2D eigenvalue weighted by atomic mass is 16.5. The molecule has 0 unspecified atom stereocenters. The maximum Gasteiger partial charge on any atom is 0.223 e. The lowest BCUT2D eigenvalue weighted by Gasteiger charge is -2.22. The summed E-state index contributed by atoms with van der Waals surface area (Å²) in [4.78, 5) is 21.1. The molecule has 3 heterocycles. The molecule has 1 fully saturated rings. The third kappa shape index (κ3) is 4.76. The first kappa shape index (κ1) is 19.9. The van der Waals surface area contributed by atoms with Crippen LogP contribution < -0.4 is 9.64 Å². The first-order chi connectivity index (χ1) is 14.7. The molecule has 0 N–H and O–H groups in total. The Morgan fingerprint density at radius 1 is 1.13 bits per heavy atom. The molecule has 8 heteroatoms. The van der Waals surface area contributed by atoms with Crippen LogP contribution in [-0.2, 0) is 11.2 Å². The number of amides is 1. The van der Waals surface area contributed by atoms with E-state index in [9.17, 15) is 4.79 Å². The van der Waals surface area contributed by atoms with E-state index in [-0.39, 0.29) is 5.91 Å². The summed E-state index contributed by atoms with van der Waals surface area (Å²) >= 11 is 0. The van der Waals surface area contributed by atoms with Gasteiger partial charge in [0.25, 0.3) is 0 Å². The lowest BCUT2D eigenvalue weighted by Crippen LogP contribution is -2.35. The van der Waals surface area contributed by atoms with Gasteiger partial charge >= 0.3 is 0 Å². The second-order valence-corrected chi connectivity index (χ2v) is 7.15. The van der Waals surface area contributed by atoms with E-state index in [4.69, 9.17) is 9.15 Å². The summed E-state index contributed by atoms with van der Waals surface area (Å²) in [6.45, 7) is 3.05. The fourth-order valence-corrected chi connectivity index (χ4v) is 3.54. The van der Waals surface area contributed by atoms with E-state index in [0.29, 0.717) is 31.0 Å². The molecule has 0 saturated carbocycles. The first-order valence-electron chi connectivity index (χ1n) is 10.1. The van der Waals surface area contributed by atoms with Crippen LogP contribution in [0.2, 0.25) is 0 Å². The predicted octanol–water partition coefficient (Wildman–Crippen LogP) is 2.81. The zero-order chi connectivity index (χ0) is 20.8. The van der Waals surface area contributed by atoms with Crippen LogP contribution in [0.15, 0.2) is 53.2 Å². The van der Waals surface area contributed by atoms with Gasteiger partial charge in [-0.25, -0.2) is 4.98 Å². The maximum atomic E-state index is 12.7. The van der Waals surface area contributed by atoms with Gasteiger partial charge in [-0.3, -0.25) is 4.79 Å². The summed E-state index contributed by atoms with van der Waals surface area (Å²) in [5.41, 5.74) is 0.928. The predicted molar refractivity (Wildman–Crippen MR) is 112 cm³/mol. The van der Waals surface area contributed by atoms with E-state index in [1.54, 1.807) is 19.5 Å². The summed E-state index contributed by atoms with van der Waals surface area (Å²) in [6.07, 6.45) is 5.14. The van der Waals surface area contributed by atoms with Crippen molar-refractivity contribution in [3.8, 4) is 17.1 Å². The van der Waals surface area contributed by atoms with E-state index in [0.717, 1.165) is 43.2 Å². The molecule has 0 atom stereocenters. The molecule has 1 amide bonds. The molecule has 0 bridgehead atoms.